The number of carbonyl (C=O) groups excluding carboxylic acids is 3. The summed E-state index contributed by atoms with van der Waals surface area (Å²) in [5, 5.41) is 8.81. The molecule has 4 aromatic carbocycles. The summed E-state index contributed by atoms with van der Waals surface area (Å²) in [6.07, 6.45) is 1.46. The van der Waals surface area contributed by atoms with Crippen molar-refractivity contribution in [1.29, 1.82) is 0 Å². The first-order valence-electron chi connectivity index (χ1n) is 12.7. The van der Waals surface area contributed by atoms with E-state index in [1.165, 1.54) is 49.2 Å². The normalized spacial score (nSPS) is 11.0. The van der Waals surface area contributed by atoms with E-state index >= 15 is 0 Å². The first-order chi connectivity index (χ1) is 20.2. The first kappa shape index (κ1) is 30.4. The monoisotopic (exact) mass is 603 g/mol. The molecule has 0 unspecified atom stereocenters. The number of benzene rings is 4. The summed E-state index contributed by atoms with van der Waals surface area (Å²) in [6.45, 7) is 1.83. The Labute approximate surface area is 252 Å². The highest BCUT2D eigenvalue weighted by atomic mass is 35.5. The number of hydrogen-bond donors (Lipinski definition) is 3. The number of thioether (sulfide) groups is 1. The molecule has 4 aromatic rings. The highest BCUT2D eigenvalue weighted by Gasteiger charge is 2.16. The number of rotatable bonds is 10. The number of amides is 3. The van der Waals surface area contributed by atoms with Crippen LogP contribution in [-0.2, 0) is 9.59 Å². The van der Waals surface area contributed by atoms with Gasteiger partial charge >= 0.3 is 0 Å². The predicted molar refractivity (Wildman–Crippen MR) is 165 cm³/mol. The molecule has 3 amide bonds. The van der Waals surface area contributed by atoms with Crippen molar-refractivity contribution in [3.63, 3.8) is 0 Å². The Morgan fingerprint density at radius 1 is 0.929 bits per heavy atom. The molecule has 0 saturated carbocycles. The van der Waals surface area contributed by atoms with Crippen LogP contribution >= 0.6 is 23.4 Å². The molecule has 0 saturated heterocycles. The SMILES string of the molecule is COc1cc(Cl)c(C)cc1NC(=O)CSc1cccc(NC(=O)/C(=C/c2ccc(F)cc2)NC(=O)c2ccccc2)c1. The van der Waals surface area contributed by atoms with Gasteiger partial charge in [-0.1, -0.05) is 48.0 Å². The average molecular weight is 604 g/mol. The molecule has 0 heterocycles. The van der Waals surface area contributed by atoms with Gasteiger partial charge in [-0.2, -0.15) is 0 Å². The number of anilines is 2. The highest BCUT2D eigenvalue weighted by molar-refractivity contribution is 8.00. The largest absolute Gasteiger partial charge is 0.495 e. The van der Waals surface area contributed by atoms with Crippen molar-refractivity contribution in [2.24, 2.45) is 0 Å². The number of aryl methyl sites for hydroxylation is 1. The zero-order chi connectivity index (χ0) is 30.1. The van der Waals surface area contributed by atoms with Crippen molar-refractivity contribution < 1.29 is 23.5 Å². The smallest absolute Gasteiger partial charge is 0.272 e. The van der Waals surface area contributed by atoms with Crippen LogP contribution in [0.4, 0.5) is 15.8 Å². The average Bonchev–Trinajstić information content (AvgIpc) is 2.99. The molecule has 0 radical (unpaired) electrons. The molecule has 0 bridgehead atoms. The molecule has 42 heavy (non-hydrogen) atoms. The van der Waals surface area contributed by atoms with E-state index in [4.69, 9.17) is 16.3 Å². The van der Waals surface area contributed by atoms with Gasteiger partial charge in [-0.3, -0.25) is 14.4 Å². The number of methoxy groups -OCH3 is 1. The number of nitrogens with one attached hydrogen (secondary N) is 3. The molecule has 214 valence electrons. The van der Waals surface area contributed by atoms with Crippen LogP contribution < -0.4 is 20.7 Å². The second-order valence-corrected chi connectivity index (χ2v) is 10.5. The Balaban J connectivity index is 1.45. The van der Waals surface area contributed by atoms with Crippen molar-refractivity contribution in [2.75, 3.05) is 23.5 Å². The topological polar surface area (TPSA) is 96.5 Å². The third kappa shape index (κ3) is 8.45. The third-order valence-electron chi connectivity index (χ3n) is 5.93. The molecular formula is C32H27ClFN3O4S. The lowest BCUT2D eigenvalue weighted by atomic mass is 10.1. The van der Waals surface area contributed by atoms with E-state index in [2.05, 4.69) is 16.0 Å². The van der Waals surface area contributed by atoms with Gasteiger partial charge in [0.15, 0.2) is 0 Å². The molecule has 0 aliphatic heterocycles. The maximum absolute atomic E-state index is 13.4. The van der Waals surface area contributed by atoms with Gasteiger partial charge in [0.25, 0.3) is 11.8 Å². The van der Waals surface area contributed by atoms with Crippen molar-refractivity contribution in [3.8, 4) is 5.75 Å². The number of carbonyl (C=O) groups is 3. The first-order valence-corrected chi connectivity index (χ1v) is 14.1. The number of hydrogen-bond acceptors (Lipinski definition) is 5. The molecule has 0 spiro atoms. The minimum absolute atomic E-state index is 0.0277. The lowest BCUT2D eigenvalue weighted by Gasteiger charge is -2.13. The van der Waals surface area contributed by atoms with E-state index in [1.54, 1.807) is 60.7 Å². The standard InChI is InChI=1S/C32H27ClFN3O4S/c1-20-15-27(29(41-2)18-26(20)33)36-30(38)19-42-25-10-6-9-24(17-25)35-32(40)28(16-21-11-13-23(34)14-12-21)37-31(39)22-7-4-3-5-8-22/h3-18H,19H2,1-2H3,(H,35,40)(H,36,38)(H,37,39)/b28-16-. The molecule has 0 aliphatic carbocycles. The van der Waals surface area contributed by atoms with Gasteiger partial charge in [0.1, 0.15) is 17.3 Å². The van der Waals surface area contributed by atoms with Crippen molar-refractivity contribution >= 4 is 58.5 Å². The molecule has 0 atom stereocenters. The van der Waals surface area contributed by atoms with Crippen LogP contribution in [0.2, 0.25) is 5.02 Å². The quantitative estimate of drug-likeness (QED) is 0.135. The van der Waals surface area contributed by atoms with E-state index in [-0.39, 0.29) is 17.4 Å². The van der Waals surface area contributed by atoms with E-state index in [1.807, 2.05) is 13.0 Å². The molecule has 0 fully saturated rings. The Morgan fingerprint density at radius 2 is 1.67 bits per heavy atom. The lowest BCUT2D eigenvalue weighted by Crippen LogP contribution is -2.30. The van der Waals surface area contributed by atoms with Crippen molar-refractivity contribution in [2.45, 2.75) is 11.8 Å². The van der Waals surface area contributed by atoms with Gasteiger partial charge in [-0.05, 0) is 72.7 Å². The van der Waals surface area contributed by atoms with Crippen LogP contribution in [0.5, 0.6) is 5.75 Å². The second-order valence-electron chi connectivity index (χ2n) is 9.05. The van der Waals surface area contributed by atoms with Crippen molar-refractivity contribution in [1.82, 2.24) is 5.32 Å². The number of ether oxygens (including phenoxy) is 1. The summed E-state index contributed by atoms with van der Waals surface area (Å²) in [4.78, 5) is 39.5. The van der Waals surface area contributed by atoms with Gasteiger partial charge in [0.2, 0.25) is 5.91 Å². The minimum Gasteiger partial charge on any atom is -0.495 e. The summed E-state index contributed by atoms with van der Waals surface area (Å²) in [5.41, 5.74) is 2.65. The molecule has 4 rings (SSSR count). The summed E-state index contributed by atoms with van der Waals surface area (Å²) in [7, 11) is 1.50. The molecule has 10 heteroatoms. The minimum atomic E-state index is -0.575. The third-order valence-corrected chi connectivity index (χ3v) is 7.33. The van der Waals surface area contributed by atoms with E-state index in [0.717, 1.165) is 10.5 Å². The highest BCUT2D eigenvalue weighted by Crippen LogP contribution is 2.31. The maximum atomic E-state index is 13.4. The van der Waals surface area contributed by atoms with E-state index in [0.29, 0.717) is 33.3 Å². The summed E-state index contributed by atoms with van der Waals surface area (Å²) >= 11 is 7.43. The molecule has 0 aliphatic rings. The summed E-state index contributed by atoms with van der Waals surface area (Å²) in [5.74, 6) is -1.15. The second kappa shape index (κ2) is 14.3. The Bertz CT molecular complexity index is 1630. The molecule has 3 N–H and O–H groups in total. The van der Waals surface area contributed by atoms with Crippen LogP contribution in [0.15, 0.2) is 102 Å². The zero-order valence-electron chi connectivity index (χ0n) is 22.7. The Kier molecular flexibility index (Phi) is 10.4. The van der Waals surface area contributed by atoms with Crippen LogP contribution in [0.3, 0.4) is 0 Å². The molecular weight excluding hydrogens is 577 g/mol. The van der Waals surface area contributed by atoms with Crippen molar-refractivity contribution in [3.05, 3.63) is 124 Å². The van der Waals surface area contributed by atoms with E-state index < -0.39 is 17.6 Å². The zero-order valence-corrected chi connectivity index (χ0v) is 24.3. The fourth-order valence-electron chi connectivity index (χ4n) is 3.80. The fourth-order valence-corrected chi connectivity index (χ4v) is 4.70. The van der Waals surface area contributed by atoms with E-state index in [9.17, 15) is 18.8 Å². The van der Waals surface area contributed by atoms with Gasteiger partial charge < -0.3 is 20.7 Å². The fraction of sp³-hybridized carbons (Fsp3) is 0.0938. The Hall–Kier alpha value is -4.60. The van der Waals surface area contributed by atoms with Crippen LogP contribution in [0, 0.1) is 12.7 Å². The van der Waals surface area contributed by atoms with Gasteiger partial charge in [0.05, 0.1) is 18.6 Å². The summed E-state index contributed by atoms with van der Waals surface area (Å²) in [6, 6.07) is 24.4. The van der Waals surface area contributed by atoms with Gasteiger partial charge in [0, 0.05) is 27.2 Å². The molecule has 0 aromatic heterocycles. The van der Waals surface area contributed by atoms with Gasteiger partial charge in [-0.15, -0.1) is 11.8 Å². The van der Waals surface area contributed by atoms with Crippen LogP contribution in [0.25, 0.3) is 6.08 Å². The number of halogens is 2. The molecule has 7 nitrogen and oxygen atoms in total. The van der Waals surface area contributed by atoms with Gasteiger partial charge in [-0.25, -0.2) is 4.39 Å². The van der Waals surface area contributed by atoms with Crippen LogP contribution in [-0.4, -0.2) is 30.6 Å². The maximum Gasteiger partial charge on any atom is 0.272 e. The Morgan fingerprint density at radius 3 is 2.38 bits per heavy atom. The lowest BCUT2D eigenvalue weighted by molar-refractivity contribution is -0.114. The summed E-state index contributed by atoms with van der Waals surface area (Å²) < 4.78 is 18.7. The van der Waals surface area contributed by atoms with Crippen LogP contribution in [0.1, 0.15) is 21.5 Å². The predicted octanol–water partition coefficient (Wildman–Crippen LogP) is 6.94.